The highest BCUT2D eigenvalue weighted by atomic mass is 16.2. The average Bonchev–Trinajstić information content (AvgIpc) is 2.94. The summed E-state index contributed by atoms with van der Waals surface area (Å²) < 4.78 is 0. The number of amides is 3. The molecule has 0 saturated carbocycles. The summed E-state index contributed by atoms with van der Waals surface area (Å²) in [5.41, 5.74) is 6.50. The third-order valence-corrected chi connectivity index (χ3v) is 6.18. The van der Waals surface area contributed by atoms with Crippen molar-refractivity contribution in [3.05, 3.63) is 119 Å². The van der Waals surface area contributed by atoms with E-state index in [0.717, 1.165) is 27.9 Å². The van der Waals surface area contributed by atoms with Gasteiger partial charge in [0.25, 0.3) is 11.8 Å². The molecule has 0 bridgehead atoms. The van der Waals surface area contributed by atoms with Gasteiger partial charge in [-0.25, -0.2) is 0 Å². The molecule has 0 heterocycles. The largest absolute Gasteiger partial charge is 0.352 e. The van der Waals surface area contributed by atoms with Crippen LogP contribution in [0.2, 0.25) is 0 Å². The molecule has 39 heavy (non-hydrogen) atoms. The van der Waals surface area contributed by atoms with E-state index < -0.39 is 0 Å². The Kier molecular flexibility index (Phi) is 8.50. The third-order valence-electron chi connectivity index (χ3n) is 6.18. The lowest BCUT2D eigenvalue weighted by molar-refractivity contribution is -0.116. The van der Waals surface area contributed by atoms with Crippen LogP contribution in [0.1, 0.15) is 43.8 Å². The van der Waals surface area contributed by atoms with Gasteiger partial charge in [-0.1, -0.05) is 42.0 Å². The number of hydrogen-bond acceptors (Lipinski definition) is 4. The first-order chi connectivity index (χ1) is 18.8. The molecule has 7 heteroatoms. The second kappa shape index (κ2) is 12.3. The van der Waals surface area contributed by atoms with Crippen LogP contribution < -0.4 is 16.0 Å². The molecule has 0 atom stereocenters. The van der Waals surface area contributed by atoms with Crippen LogP contribution in [0.15, 0.2) is 91.0 Å². The first-order valence-electron chi connectivity index (χ1n) is 12.5. The van der Waals surface area contributed by atoms with Crippen molar-refractivity contribution in [3.63, 3.8) is 0 Å². The zero-order valence-electron chi connectivity index (χ0n) is 21.7. The molecule has 0 aromatic heterocycles. The van der Waals surface area contributed by atoms with Crippen LogP contribution in [0.5, 0.6) is 0 Å². The monoisotopic (exact) mass is 516 g/mol. The maximum Gasteiger partial charge on any atom is 0.255 e. The molecule has 0 radical (unpaired) electrons. The molecular formula is C32H28N4O3. The van der Waals surface area contributed by atoms with Gasteiger partial charge in [0.05, 0.1) is 11.6 Å². The summed E-state index contributed by atoms with van der Waals surface area (Å²) in [5.74, 6) is -0.728. The number of nitrogens with zero attached hydrogens (tertiary/aromatic N) is 1. The summed E-state index contributed by atoms with van der Waals surface area (Å²) >= 11 is 0. The summed E-state index contributed by atoms with van der Waals surface area (Å²) in [6.07, 6.45) is 0.155. The molecule has 3 amide bonds. The summed E-state index contributed by atoms with van der Waals surface area (Å²) in [6, 6.07) is 28.8. The van der Waals surface area contributed by atoms with Gasteiger partial charge >= 0.3 is 0 Å². The minimum atomic E-state index is -0.284. The van der Waals surface area contributed by atoms with Crippen LogP contribution in [0.3, 0.4) is 0 Å². The predicted molar refractivity (Wildman–Crippen MR) is 152 cm³/mol. The third kappa shape index (κ3) is 7.18. The van der Waals surface area contributed by atoms with Gasteiger partial charge in [0.1, 0.15) is 0 Å². The molecule has 194 valence electrons. The zero-order chi connectivity index (χ0) is 27.8. The molecule has 0 unspecified atom stereocenters. The molecule has 0 saturated heterocycles. The standard InChI is InChI=1S/C32H28N4O3/c1-21-6-14-27(15-7-21)35-30(37)16-17-34-31(38)26-9-8-22(2)29(19-26)24-10-12-25(13-11-24)32(39)36-28-5-3-4-23(18-28)20-33/h3-15,18-19H,16-17H2,1-2H3,(H,34,38)(H,35,37)(H,36,39). The highest BCUT2D eigenvalue weighted by Gasteiger charge is 2.12. The lowest BCUT2D eigenvalue weighted by Gasteiger charge is -2.11. The normalized spacial score (nSPS) is 10.3. The molecule has 4 aromatic rings. The summed E-state index contributed by atoms with van der Waals surface area (Å²) in [6.45, 7) is 4.14. The van der Waals surface area contributed by atoms with Crippen LogP contribution in [-0.4, -0.2) is 24.3 Å². The van der Waals surface area contributed by atoms with E-state index in [0.29, 0.717) is 22.4 Å². The summed E-state index contributed by atoms with van der Waals surface area (Å²) in [4.78, 5) is 37.6. The predicted octanol–water partition coefficient (Wildman–Crippen LogP) is 5.85. The fraction of sp³-hybridized carbons (Fsp3) is 0.125. The maximum atomic E-state index is 12.8. The van der Waals surface area contributed by atoms with Crippen LogP contribution in [0, 0.1) is 25.2 Å². The molecular weight excluding hydrogens is 488 g/mol. The van der Waals surface area contributed by atoms with Gasteiger partial charge in [-0.15, -0.1) is 0 Å². The number of nitrogens with one attached hydrogen (secondary N) is 3. The van der Waals surface area contributed by atoms with E-state index in [4.69, 9.17) is 5.26 Å². The number of hydrogen-bond donors (Lipinski definition) is 3. The Labute approximate surface area is 227 Å². The van der Waals surface area contributed by atoms with Crippen LogP contribution >= 0.6 is 0 Å². The van der Waals surface area contributed by atoms with Gasteiger partial charge in [-0.2, -0.15) is 5.26 Å². The van der Waals surface area contributed by atoms with Crippen molar-refractivity contribution in [2.24, 2.45) is 0 Å². The van der Waals surface area contributed by atoms with Gasteiger partial charge in [-0.3, -0.25) is 14.4 Å². The fourth-order valence-corrected chi connectivity index (χ4v) is 4.00. The van der Waals surface area contributed by atoms with Crippen molar-refractivity contribution in [2.45, 2.75) is 20.3 Å². The lowest BCUT2D eigenvalue weighted by atomic mass is 9.97. The summed E-state index contributed by atoms with van der Waals surface area (Å²) in [5, 5.41) is 17.5. The van der Waals surface area contributed by atoms with E-state index in [1.807, 2.05) is 56.3 Å². The molecule has 0 spiro atoms. The molecule has 4 rings (SSSR count). The van der Waals surface area contributed by atoms with Gasteiger partial charge in [0.15, 0.2) is 0 Å². The Hall–Kier alpha value is -5.22. The average molecular weight is 517 g/mol. The molecule has 4 aromatic carbocycles. The number of carbonyl (C=O) groups excluding carboxylic acids is 3. The van der Waals surface area contributed by atoms with Crippen molar-refractivity contribution in [2.75, 3.05) is 17.2 Å². The number of anilines is 2. The number of carbonyl (C=O) groups is 3. The topological polar surface area (TPSA) is 111 Å². The Morgan fingerprint density at radius 1 is 0.744 bits per heavy atom. The quantitative estimate of drug-likeness (QED) is 0.273. The minimum Gasteiger partial charge on any atom is -0.352 e. The van der Waals surface area contributed by atoms with E-state index in [1.54, 1.807) is 48.5 Å². The SMILES string of the molecule is Cc1ccc(NC(=O)CCNC(=O)c2ccc(C)c(-c3ccc(C(=O)Nc4cccc(C#N)c4)cc3)c2)cc1. The molecule has 3 N–H and O–H groups in total. The molecule has 0 fully saturated rings. The van der Waals surface area contributed by atoms with Crippen LogP contribution in [0.25, 0.3) is 11.1 Å². The van der Waals surface area contributed by atoms with E-state index in [1.165, 1.54) is 0 Å². The number of aryl methyl sites for hydroxylation is 2. The van der Waals surface area contributed by atoms with E-state index in [2.05, 4.69) is 22.0 Å². The number of nitriles is 1. The minimum absolute atomic E-state index is 0.155. The highest BCUT2D eigenvalue weighted by Crippen LogP contribution is 2.25. The van der Waals surface area contributed by atoms with Crippen LogP contribution in [-0.2, 0) is 4.79 Å². The Balaban J connectivity index is 1.36. The fourth-order valence-electron chi connectivity index (χ4n) is 4.00. The van der Waals surface area contributed by atoms with Crippen molar-refractivity contribution < 1.29 is 14.4 Å². The van der Waals surface area contributed by atoms with E-state index >= 15 is 0 Å². The smallest absolute Gasteiger partial charge is 0.255 e. The number of benzene rings is 4. The maximum absolute atomic E-state index is 12.8. The first kappa shape index (κ1) is 26.8. The van der Waals surface area contributed by atoms with E-state index in [-0.39, 0.29) is 30.7 Å². The molecule has 7 nitrogen and oxygen atoms in total. The van der Waals surface area contributed by atoms with Gasteiger partial charge in [0, 0.05) is 35.5 Å². The van der Waals surface area contributed by atoms with Gasteiger partial charge < -0.3 is 16.0 Å². The number of rotatable bonds is 8. The molecule has 0 aliphatic rings. The highest BCUT2D eigenvalue weighted by molar-refractivity contribution is 6.04. The second-order valence-corrected chi connectivity index (χ2v) is 9.17. The van der Waals surface area contributed by atoms with E-state index in [9.17, 15) is 14.4 Å². The first-order valence-corrected chi connectivity index (χ1v) is 12.5. The molecule has 0 aliphatic carbocycles. The Morgan fingerprint density at radius 3 is 2.18 bits per heavy atom. The zero-order valence-corrected chi connectivity index (χ0v) is 21.7. The van der Waals surface area contributed by atoms with Crippen molar-refractivity contribution in [1.82, 2.24) is 5.32 Å². The lowest BCUT2D eigenvalue weighted by Crippen LogP contribution is -2.27. The van der Waals surface area contributed by atoms with Crippen molar-refractivity contribution >= 4 is 29.1 Å². The van der Waals surface area contributed by atoms with Gasteiger partial charge in [0.2, 0.25) is 5.91 Å². The molecule has 0 aliphatic heterocycles. The summed E-state index contributed by atoms with van der Waals surface area (Å²) in [7, 11) is 0. The Morgan fingerprint density at radius 2 is 1.46 bits per heavy atom. The Bertz CT molecular complexity index is 1550. The van der Waals surface area contributed by atoms with Crippen LogP contribution in [0.4, 0.5) is 11.4 Å². The second-order valence-electron chi connectivity index (χ2n) is 9.17. The van der Waals surface area contributed by atoms with Crippen molar-refractivity contribution in [3.8, 4) is 17.2 Å². The van der Waals surface area contributed by atoms with Crippen molar-refractivity contribution in [1.29, 1.82) is 5.26 Å². The van der Waals surface area contributed by atoms with Gasteiger partial charge in [-0.05, 0) is 85.1 Å².